The summed E-state index contributed by atoms with van der Waals surface area (Å²) < 4.78 is 21.6. The molecule has 0 bridgehead atoms. The molecule has 1 aromatic heterocycles. The average Bonchev–Trinajstić information content (AvgIpc) is 3.39. The zero-order chi connectivity index (χ0) is 20.4. The number of likely N-dealkylation sites (N-methyl/N-ethyl adjacent to an activating group) is 1. The van der Waals surface area contributed by atoms with E-state index >= 15 is 0 Å². The summed E-state index contributed by atoms with van der Waals surface area (Å²) in [5.74, 6) is 1.37. The van der Waals surface area contributed by atoms with Gasteiger partial charge in [0.15, 0.2) is 12.3 Å². The molecule has 2 aromatic carbocycles. The lowest BCUT2D eigenvalue weighted by atomic mass is 10.1. The molecule has 2 atom stereocenters. The highest BCUT2D eigenvalue weighted by Gasteiger charge is 2.33. The van der Waals surface area contributed by atoms with Gasteiger partial charge in [0.2, 0.25) is 5.89 Å². The first-order valence-corrected chi connectivity index (χ1v) is 9.23. The van der Waals surface area contributed by atoms with Gasteiger partial charge >= 0.3 is 0 Å². The van der Waals surface area contributed by atoms with E-state index in [0.29, 0.717) is 12.4 Å². The smallest absolute Gasteiger partial charge is 0.275 e. The van der Waals surface area contributed by atoms with Crippen molar-refractivity contribution in [3.05, 3.63) is 54.2 Å². The van der Waals surface area contributed by atoms with Crippen LogP contribution in [0.2, 0.25) is 0 Å². The minimum absolute atomic E-state index is 0.0850. The van der Waals surface area contributed by atoms with Crippen molar-refractivity contribution in [2.75, 3.05) is 27.4 Å². The molecule has 1 N–H and O–H groups in total. The fraction of sp³-hybridized carbons (Fsp3) is 0.333. The van der Waals surface area contributed by atoms with Gasteiger partial charge in [0.1, 0.15) is 17.8 Å². The standard InChI is InChI=1S/C21H22N2O6/c1-23(18-10-27-11-19(18)24)21(25)17-9-29-20(22-17)12-28-16-6-4-13-3-5-15(26-2)7-14(13)8-16/h3-9,18-19,24H,10-12H2,1-2H3/t18-,19-/m1/s1. The Morgan fingerprint density at radius 3 is 2.69 bits per heavy atom. The first-order valence-electron chi connectivity index (χ1n) is 9.23. The molecular formula is C21H22N2O6. The van der Waals surface area contributed by atoms with Crippen LogP contribution in [0.4, 0.5) is 0 Å². The molecule has 1 aliphatic rings. The minimum atomic E-state index is -0.704. The molecule has 1 fully saturated rings. The van der Waals surface area contributed by atoms with Crippen LogP contribution in [0.3, 0.4) is 0 Å². The van der Waals surface area contributed by atoms with Crippen LogP contribution in [0, 0.1) is 0 Å². The summed E-state index contributed by atoms with van der Waals surface area (Å²) in [4.78, 5) is 18.2. The predicted molar refractivity (Wildman–Crippen MR) is 104 cm³/mol. The molecule has 2 heterocycles. The highest BCUT2D eigenvalue weighted by Crippen LogP contribution is 2.25. The van der Waals surface area contributed by atoms with Gasteiger partial charge in [0.05, 0.1) is 32.5 Å². The van der Waals surface area contributed by atoms with E-state index < -0.39 is 12.1 Å². The zero-order valence-corrected chi connectivity index (χ0v) is 16.2. The summed E-state index contributed by atoms with van der Waals surface area (Å²) in [6.45, 7) is 0.601. The number of oxazole rings is 1. The van der Waals surface area contributed by atoms with Crippen molar-refractivity contribution in [2.45, 2.75) is 18.8 Å². The normalized spacial score (nSPS) is 18.7. The number of hydrogen-bond donors (Lipinski definition) is 1. The fourth-order valence-electron chi connectivity index (χ4n) is 3.27. The van der Waals surface area contributed by atoms with Crippen LogP contribution in [0.5, 0.6) is 11.5 Å². The first-order chi connectivity index (χ1) is 14.0. The maximum absolute atomic E-state index is 12.6. The van der Waals surface area contributed by atoms with Crippen LogP contribution in [-0.2, 0) is 11.3 Å². The van der Waals surface area contributed by atoms with E-state index in [4.69, 9.17) is 18.6 Å². The molecule has 1 amide bonds. The third kappa shape index (κ3) is 4.03. The van der Waals surface area contributed by atoms with Gasteiger partial charge in [-0.1, -0.05) is 12.1 Å². The summed E-state index contributed by atoms with van der Waals surface area (Å²) in [5.41, 5.74) is 0.161. The Morgan fingerprint density at radius 1 is 1.21 bits per heavy atom. The second-order valence-electron chi connectivity index (χ2n) is 6.88. The number of benzene rings is 2. The highest BCUT2D eigenvalue weighted by atomic mass is 16.5. The Hall–Kier alpha value is -3.10. The summed E-state index contributed by atoms with van der Waals surface area (Å²) in [5, 5.41) is 12.0. The Morgan fingerprint density at radius 2 is 1.97 bits per heavy atom. The summed E-state index contributed by atoms with van der Waals surface area (Å²) in [6.07, 6.45) is 0.593. The molecule has 1 aliphatic heterocycles. The van der Waals surface area contributed by atoms with Crippen molar-refractivity contribution in [2.24, 2.45) is 0 Å². The van der Waals surface area contributed by atoms with Gasteiger partial charge in [0.25, 0.3) is 5.91 Å². The molecule has 0 aliphatic carbocycles. The molecule has 29 heavy (non-hydrogen) atoms. The van der Waals surface area contributed by atoms with Gasteiger partial charge in [-0.05, 0) is 35.0 Å². The Bertz CT molecular complexity index is 1020. The second-order valence-corrected chi connectivity index (χ2v) is 6.88. The second kappa shape index (κ2) is 8.10. The molecule has 0 unspecified atom stereocenters. The van der Waals surface area contributed by atoms with Gasteiger partial charge in [-0.25, -0.2) is 4.98 Å². The minimum Gasteiger partial charge on any atom is -0.497 e. The predicted octanol–water partition coefficient (Wildman–Crippen LogP) is 2.25. The lowest BCUT2D eigenvalue weighted by Crippen LogP contribution is -2.44. The van der Waals surface area contributed by atoms with Crippen molar-refractivity contribution in [1.82, 2.24) is 9.88 Å². The maximum Gasteiger partial charge on any atom is 0.275 e. The molecule has 1 saturated heterocycles. The van der Waals surface area contributed by atoms with Crippen molar-refractivity contribution in [3.8, 4) is 11.5 Å². The number of fused-ring (bicyclic) bond motifs is 1. The van der Waals surface area contributed by atoms with E-state index in [0.717, 1.165) is 16.5 Å². The van der Waals surface area contributed by atoms with Gasteiger partial charge in [-0.15, -0.1) is 0 Å². The number of aliphatic hydroxyl groups is 1. The molecule has 8 nitrogen and oxygen atoms in total. The number of rotatable bonds is 6. The average molecular weight is 398 g/mol. The largest absolute Gasteiger partial charge is 0.497 e. The molecule has 0 radical (unpaired) electrons. The number of amides is 1. The molecule has 3 aromatic rings. The monoisotopic (exact) mass is 398 g/mol. The van der Waals surface area contributed by atoms with Crippen molar-refractivity contribution in [3.63, 3.8) is 0 Å². The van der Waals surface area contributed by atoms with Crippen LogP contribution >= 0.6 is 0 Å². The molecule has 8 heteroatoms. The fourth-order valence-corrected chi connectivity index (χ4v) is 3.27. The first kappa shape index (κ1) is 19.2. The maximum atomic E-state index is 12.6. The summed E-state index contributed by atoms with van der Waals surface area (Å²) >= 11 is 0. The number of carbonyl (C=O) groups excluding carboxylic acids is 1. The van der Waals surface area contributed by atoms with Crippen LogP contribution < -0.4 is 9.47 Å². The summed E-state index contributed by atoms with van der Waals surface area (Å²) in [6, 6.07) is 11.1. The highest BCUT2D eigenvalue weighted by molar-refractivity contribution is 5.92. The van der Waals surface area contributed by atoms with Crippen LogP contribution in [-0.4, -0.2) is 60.4 Å². The number of carbonyl (C=O) groups is 1. The molecule has 0 spiro atoms. The topological polar surface area (TPSA) is 94.3 Å². The van der Waals surface area contributed by atoms with E-state index in [2.05, 4.69) is 4.98 Å². The molecule has 0 saturated carbocycles. The van der Waals surface area contributed by atoms with E-state index in [9.17, 15) is 9.90 Å². The van der Waals surface area contributed by atoms with Gasteiger partial charge in [-0.3, -0.25) is 4.79 Å². The van der Waals surface area contributed by atoms with E-state index in [1.165, 1.54) is 11.2 Å². The Balaban J connectivity index is 1.41. The Labute approximate surface area is 167 Å². The van der Waals surface area contributed by atoms with Gasteiger partial charge in [0, 0.05) is 7.05 Å². The van der Waals surface area contributed by atoms with Crippen LogP contribution in [0.15, 0.2) is 47.1 Å². The van der Waals surface area contributed by atoms with Crippen LogP contribution in [0.1, 0.15) is 16.4 Å². The van der Waals surface area contributed by atoms with Gasteiger partial charge < -0.3 is 28.6 Å². The number of methoxy groups -OCH3 is 1. The number of aliphatic hydroxyl groups excluding tert-OH is 1. The van der Waals surface area contributed by atoms with Crippen LogP contribution in [0.25, 0.3) is 10.8 Å². The van der Waals surface area contributed by atoms with Gasteiger partial charge in [-0.2, -0.15) is 0 Å². The van der Waals surface area contributed by atoms with E-state index in [1.807, 2.05) is 36.4 Å². The molecular weight excluding hydrogens is 376 g/mol. The van der Waals surface area contributed by atoms with Crippen molar-refractivity contribution < 1.29 is 28.5 Å². The summed E-state index contributed by atoms with van der Waals surface area (Å²) in [7, 11) is 3.24. The number of aromatic nitrogens is 1. The number of hydrogen-bond acceptors (Lipinski definition) is 7. The third-order valence-corrected chi connectivity index (χ3v) is 4.99. The number of ether oxygens (including phenoxy) is 3. The van der Waals surface area contributed by atoms with Crippen molar-refractivity contribution in [1.29, 1.82) is 0 Å². The lowest BCUT2D eigenvalue weighted by Gasteiger charge is -2.24. The lowest BCUT2D eigenvalue weighted by molar-refractivity contribution is 0.0575. The third-order valence-electron chi connectivity index (χ3n) is 4.99. The molecule has 4 rings (SSSR count). The SMILES string of the molecule is COc1ccc2ccc(OCc3nc(C(=O)N(C)[C@@H]4COC[C@H]4O)co3)cc2c1. The van der Waals surface area contributed by atoms with Crippen molar-refractivity contribution >= 4 is 16.7 Å². The van der Waals surface area contributed by atoms with E-state index in [1.54, 1.807) is 14.2 Å². The Kier molecular flexibility index (Phi) is 5.37. The number of nitrogens with zero attached hydrogens (tertiary/aromatic N) is 2. The quantitative estimate of drug-likeness (QED) is 0.680. The van der Waals surface area contributed by atoms with E-state index in [-0.39, 0.29) is 30.7 Å². The zero-order valence-electron chi connectivity index (χ0n) is 16.2. The molecule has 152 valence electrons.